The van der Waals surface area contributed by atoms with Crippen molar-refractivity contribution in [3.05, 3.63) is 11.8 Å². The van der Waals surface area contributed by atoms with E-state index in [4.69, 9.17) is 0 Å². The van der Waals surface area contributed by atoms with Gasteiger partial charge in [0.05, 0.1) is 17.5 Å². The van der Waals surface area contributed by atoms with Gasteiger partial charge in [0.25, 0.3) is 0 Å². The second kappa shape index (κ2) is 2.12. The first-order chi connectivity index (χ1) is 6.34. The van der Waals surface area contributed by atoms with Gasteiger partial charge in [0.2, 0.25) is 0 Å². The molecule has 3 heterocycles. The van der Waals surface area contributed by atoms with E-state index in [-0.39, 0.29) is 6.04 Å². The maximum Gasteiger partial charge on any atom is 0.156 e. The van der Waals surface area contributed by atoms with Gasteiger partial charge in [-0.1, -0.05) is 0 Å². The lowest BCUT2D eigenvalue weighted by Crippen LogP contribution is -2.20. The number of aromatic nitrogens is 2. The maximum atomic E-state index is 4.34. The highest BCUT2D eigenvalue weighted by Crippen LogP contribution is 2.24. The van der Waals surface area contributed by atoms with E-state index < -0.39 is 0 Å². The third-order valence-electron chi connectivity index (χ3n) is 2.13. The zero-order chi connectivity index (χ0) is 8.84. The molecular weight excluding hydrogens is 166 g/mol. The van der Waals surface area contributed by atoms with Crippen LogP contribution in [0.4, 0.5) is 5.82 Å². The highest BCUT2D eigenvalue weighted by atomic mass is 15.2. The summed E-state index contributed by atoms with van der Waals surface area (Å²) in [6, 6.07) is 0.00472. The number of aromatic amines is 1. The van der Waals surface area contributed by atoms with Gasteiger partial charge in [-0.05, 0) is 6.92 Å². The average molecular weight is 173 g/mol. The second-order valence-electron chi connectivity index (χ2n) is 3.03. The molecule has 13 heavy (non-hydrogen) atoms. The number of fused-ring (bicyclic) bond motifs is 3. The molecule has 5 heteroatoms. The van der Waals surface area contributed by atoms with E-state index in [1.807, 2.05) is 6.92 Å². The molecule has 0 aliphatic carbocycles. The van der Waals surface area contributed by atoms with Crippen LogP contribution < -0.4 is 0 Å². The van der Waals surface area contributed by atoms with Gasteiger partial charge >= 0.3 is 0 Å². The standard InChI is InChI=1S/C8H7N5/c1-4-11-6-3-9-8-5(2-10-13-8)7(6)12-4/h2-3,6H,1H3,(H,10,13). The van der Waals surface area contributed by atoms with Gasteiger partial charge in [-0.25, -0.2) is 9.98 Å². The summed E-state index contributed by atoms with van der Waals surface area (Å²) in [5.74, 6) is 1.58. The summed E-state index contributed by atoms with van der Waals surface area (Å²) in [5.41, 5.74) is 1.92. The van der Waals surface area contributed by atoms with Crippen LogP contribution in [0.3, 0.4) is 0 Å². The van der Waals surface area contributed by atoms with Crippen LogP contribution in [0.15, 0.2) is 21.2 Å². The number of hydrogen-bond donors (Lipinski definition) is 1. The molecule has 0 saturated heterocycles. The molecule has 0 radical (unpaired) electrons. The molecule has 5 nitrogen and oxygen atoms in total. The Morgan fingerprint density at radius 2 is 2.38 bits per heavy atom. The van der Waals surface area contributed by atoms with Gasteiger partial charge in [0.15, 0.2) is 5.82 Å². The highest BCUT2D eigenvalue weighted by molar-refractivity contribution is 6.23. The van der Waals surface area contributed by atoms with Gasteiger partial charge in [0.1, 0.15) is 11.9 Å². The zero-order valence-corrected chi connectivity index (χ0v) is 7.02. The third-order valence-corrected chi connectivity index (χ3v) is 2.13. The SMILES string of the molecule is CC1=NC2C=Nc3[nH]ncc3C2=N1. The number of H-pyrrole nitrogens is 1. The van der Waals surface area contributed by atoms with E-state index in [0.29, 0.717) is 0 Å². The fourth-order valence-corrected chi connectivity index (χ4v) is 1.57. The normalized spacial score (nSPS) is 23.6. The van der Waals surface area contributed by atoms with Crippen molar-refractivity contribution >= 4 is 23.6 Å². The molecule has 1 N–H and O–H groups in total. The third kappa shape index (κ3) is 0.809. The Balaban J connectivity index is 2.22. The molecule has 3 rings (SSSR count). The van der Waals surface area contributed by atoms with Crippen molar-refractivity contribution in [1.82, 2.24) is 10.2 Å². The van der Waals surface area contributed by atoms with E-state index in [1.54, 1.807) is 12.4 Å². The van der Waals surface area contributed by atoms with Gasteiger partial charge in [-0.15, -0.1) is 0 Å². The van der Waals surface area contributed by atoms with Crippen LogP contribution in [0.2, 0.25) is 0 Å². The Labute approximate surface area is 74.3 Å². The van der Waals surface area contributed by atoms with Crippen molar-refractivity contribution in [2.45, 2.75) is 13.0 Å². The smallest absolute Gasteiger partial charge is 0.156 e. The molecule has 2 aliphatic heterocycles. The van der Waals surface area contributed by atoms with E-state index in [2.05, 4.69) is 25.2 Å². The summed E-state index contributed by atoms with van der Waals surface area (Å²) in [4.78, 5) is 12.8. The lowest BCUT2D eigenvalue weighted by molar-refractivity contribution is 1.08. The Bertz CT molecular complexity index is 451. The molecule has 1 unspecified atom stereocenters. The molecule has 64 valence electrons. The predicted octanol–water partition coefficient (Wildman–Crippen LogP) is 0.715. The Hall–Kier alpha value is -1.78. The van der Waals surface area contributed by atoms with Crippen LogP contribution in [0.25, 0.3) is 0 Å². The Morgan fingerprint density at radius 1 is 1.46 bits per heavy atom. The number of amidine groups is 1. The van der Waals surface area contributed by atoms with Gasteiger partial charge in [0, 0.05) is 6.21 Å². The molecule has 0 bridgehead atoms. The predicted molar refractivity (Wildman–Crippen MR) is 50.2 cm³/mol. The molecule has 2 aliphatic rings. The minimum absolute atomic E-state index is 0.00472. The Kier molecular flexibility index (Phi) is 1.10. The first-order valence-electron chi connectivity index (χ1n) is 4.05. The van der Waals surface area contributed by atoms with E-state index in [9.17, 15) is 0 Å². The van der Waals surface area contributed by atoms with E-state index >= 15 is 0 Å². The van der Waals surface area contributed by atoms with Crippen molar-refractivity contribution in [2.24, 2.45) is 15.0 Å². The second-order valence-corrected chi connectivity index (χ2v) is 3.03. The van der Waals surface area contributed by atoms with Crippen molar-refractivity contribution in [3.63, 3.8) is 0 Å². The van der Waals surface area contributed by atoms with Crippen molar-refractivity contribution in [3.8, 4) is 0 Å². The van der Waals surface area contributed by atoms with Gasteiger partial charge in [-0.3, -0.25) is 10.1 Å². The first kappa shape index (κ1) is 6.71. The summed E-state index contributed by atoms with van der Waals surface area (Å²) in [6.07, 6.45) is 3.53. The topological polar surface area (TPSA) is 65.8 Å². The molecule has 1 atom stereocenters. The molecule has 0 fully saturated rings. The van der Waals surface area contributed by atoms with Crippen LogP contribution in [0.1, 0.15) is 12.5 Å². The number of aliphatic imine (C=N–C) groups is 3. The van der Waals surface area contributed by atoms with E-state index in [0.717, 1.165) is 22.9 Å². The maximum absolute atomic E-state index is 4.34. The quantitative estimate of drug-likeness (QED) is 0.617. The van der Waals surface area contributed by atoms with Crippen molar-refractivity contribution in [2.75, 3.05) is 0 Å². The molecule has 1 aromatic rings. The minimum Gasteiger partial charge on any atom is -0.261 e. The lowest BCUT2D eigenvalue weighted by atomic mass is 10.1. The number of hydrogen-bond acceptors (Lipinski definition) is 4. The molecule has 0 amide bonds. The van der Waals surface area contributed by atoms with Crippen LogP contribution >= 0.6 is 0 Å². The number of nitrogens with zero attached hydrogens (tertiary/aromatic N) is 4. The van der Waals surface area contributed by atoms with Crippen LogP contribution in [0.5, 0.6) is 0 Å². The first-order valence-corrected chi connectivity index (χ1v) is 4.05. The molecule has 0 spiro atoms. The Morgan fingerprint density at radius 3 is 3.31 bits per heavy atom. The molecule has 0 aromatic carbocycles. The molecule has 0 saturated carbocycles. The fraction of sp³-hybridized carbons (Fsp3) is 0.250. The van der Waals surface area contributed by atoms with Crippen LogP contribution in [0, 0.1) is 0 Å². The average Bonchev–Trinajstić information content (AvgIpc) is 2.65. The summed E-state index contributed by atoms with van der Waals surface area (Å²) in [5, 5.41) is 6.72. The van der Waals surface area contributed by atoms with Crippen LogP contribution in [-0.2, 0) is 0 Å². The number of rotatable bonds is 0. The van der Waals surface area contributed by atoms with Crippen molar-refractivity contribution in [1.29, 1.82) is 0 Å². The molecular formula is C8H7N5. The summed E-state index contributed by atoms with van der Waals surface area (Å²) in [6.45, 7) is 1.89. The zero-order valence-electron chi connectivity index (χ0n) is 7.02. The fourth-order valence-electron chi connectivity index (χ4n) is 1.57. The summed E-state index contributed by atoms with van der Waals surface area (Å²) >= 11 is 0. The largest absolute Gasteiger partial charge is 0.261 e. The summed E-state index contributed by atoms with van der Waals surface area (Å²) < 4.78 is 0. The minimum atomic E-state index is 0.00472. The van der Waals surface area contributed by atoms with E-state index in [1.165, 1.54) is 0 Å². The lowest BCUT2D eigenvalue weighted by Gasteiger charge is -2.08. The van der Waals surface area contributed by atoms with Crippen molar-refractivity contribution < 1.29 is 0 Å². The number of nitrogens with one attached hydrogen (secondary N) is 1. The van der Waals surface area contributed by atoms with Gasteiger partial charge < -0.3 is 0 Å². The van der Waals surface area contributed by atoms with Gasteiger partial charge in [-0.2, -0.15) is 5.10 Å². The summed E-state index contributed by atoms with van der Waals surface area (Å²) in [7, 11) is 0. The highest BCUT2D eigenvalue weighted by Gasteiger charge is 2.27. The van der Waals surface area contributed by atoms with Crippen LogP contribution in [-0.4, -0.2) is 34.0 Å². The monoisotopic (exact) mass is 173 g/mol. The molecule has 1 aromatic heterocycles.